The highest BCUT2D eigenvalue weighted by Crippen LogP contribution is 2.39. The maximum absolute atomic E-state index is 11.1. The molecule has 0 saturated carbocycles. The molecule has 0 bridgehead atoms. The van der Waals surface area contributed by atoms with Gasteiger partial charge in [-0.25, -0.2) is 0 Å². The molecule has 1 N–H and O–H groups in total. The lowest BCUT2D eigenvalue weighted by atomic mass is 9.85. The van der Waals surface area contributed by atoms with Crippen LogP contribution in [0.4, 0.5) is 0 Å². The molecule has 1 aromatic carbocycles. The minimum absolute atomic E-state index is 0.00820. The van der Waals surface area contributed by atoms with Crippen LogP contribution in [-0.2, 0) is 25.2 Å². The summed E-state index contributed by atoms with van der Waals surface area (Å²) in [6, 6.07) is 10.2. The Morgan fingerprint density at radius 3 is 1.95 bits per heavy atom. The van der Waals surface area contributed by atoms with E-state index < -0.39 is 14.4 Å². The van der Waals surface area contributed by atoms with Crippen LogP contribution in [0.2, 0.25) is 18.1 Å². The van der Waals surface area contributed by atoms with Crippen molar-refractivity contribution in [2.75, 3.05) is 20.8 Å². The summed E-state index contributed by atoms with van der Waals surface area (Å²) in [6.45, 7) is 23.7. The van der Waals surface area contributed by atoms with E-state index in [-0.39, 0.29) is 35.2 Å². The molecule has 0 aliphatic heterocycles. The third-order valence-corrected chi connectivity index (χ3v) is 13.3. The highest BCUT2D eigenvalue weighted by Gasteiger charge is 2.40. The van der Waals surface area contributed by atoms with Gasteiger partial charge in [-0.2, -0.15) is 0 Å². The van der Waals surface area contributed by atoms with Crippen molar-refractivity contribution in [3.05, 3.63) is 35.9 Å². The summed E-state index contributed by atoms with van der Waals surface area (Å²) in [7, 11) is 1.67. The Morgan fingerprint density at radius 2 is 1.45 bits per heavy atom. The Balaban J connectivity index is 2.65. The molecule has 1 rings (SSSR count). The molecule has 1 aromatic rings. The predicted molar refractivity (Wildman–Crippen MR) is 162 cm³/mol. The first-order chi connectivity index (χ1) is 17.6. The Hall–Kier alpha value is -0.763. The molecule has 0 unspecified atom stereocenters. The standard InChI is InChI=1S/C32H60O5Si/c1-23(2)29(37-38(11,12)32(6,7)8)20-30(34-9)24(3)18-19-28(33)26(5)31(35-10)25(4)21-36-22-27-16-14-13-15-17-27/h13-17,23-26,28-31,33H,18-22H2,1-12H3/t24-,25+,26-,28+,29-,30-,31+/m0/s1. The molecule has 0 aliphatic carbocycles. The molecule has 0 heterocycles. The minimum atomic E-state index is -1.87. The second-order valence-electron chi connectivity index (χ2n) is 13.3. The molecule has 0 aliphatic rings. The number of hydrogen-bond acceptors (Lipinski definition) is 5. The van der Waals surface area contributed by atoms with Gasteiger partial charge in [-0.05, 0) is 54.8 Å². The molecule has 222 valence electrons. The number of ether oxygens (including phenoxy) is 3. The van der Waals surface area contributed by atoms with E-state index in [4.69, 9.17) is 18.6 Å². The SMILES string of the molecule is CO[C@@H]([C@@H](C)[C@H](O)CC[C@H](C)[C@H](C[C@H](O[Si](C)(C)C(C)(C)C)C(C)C)OC)[C@H](C)COCc1ccccc1. The monoisotopic (exact) mass is 552 g/mol. The van der Waals surface area contributed by atoms with Gasteiger partial charge in [-0.15, -0.1) is 0 Å². The van der Waals surface area contributed by atoms with Crippen molar-refractivity contribution in [3.8, 4) is 0 Å². The lowest BCUT2D eigenvalue weighted by molar-refractivity contribution is -0.0613. The largest absolute Gasteiger partial charge is 0.414 e. The number of benzene rings is 1. The van der Waals surface area contributed by atoms with Crippen LogP contribution in [0.25, 0.3) is 0 Å². The smallest absolute Gasteiger partial charge is 0.192 e. The molecule has 0 spiro atoms. The van der Waals surface area contributed by atoms with Gasteiger partial charge in [0.2, 0.25) is 0 Å². The Bertz CT molecular complexity index is 748. The fourth-order valence-corrected chi connectivity index (χ4v) is 6.38. The summed E-state index contributed by atoms with van der Waals surface area (Å²) in [4.78, 5) is 0. The topological polar surface area (TPSA) is 57.2 Å². The van der Waals surface area contributed by atoms with Gasteiger partial charge in [0.1, 0.15) is 0 Å². The molecule has 0 saturated heterocycles. The summed E-state index contributed by atoms with van der Waals surface area (Å²) in [5.74, 6) is 0.928. The molecule has 0 aromatic heterocycles. The Morgan fingerprint density at radius 1 is 0.842 bits per heavy atom. The summed E-state index contributed by atoms with van der Waals surface area (Å²) in [5.41, 5.74) is 1.16. The first kappa shape index (κ1) is 35.3. The Labute approximate surface area is 236 Å². The van der Waals surface area contributed by atoms with E-state index in [1.165, 1.54) is 0 Å². The summed E-state index contributed by atoms with van der Waals surface area (Å²) < 4.78 is 24.6. The molecule has 38 heavy (non-hydrogen) atoms. The third kappa shape index (κ3) is 11.4. The highest BCUT2D eigenvalue weighted by atomic mass is 28.4. The van der Waals surface area contributed by atoms with Crippen molar-refractivity contribution >= 4 is 8.32 Å². The molecule has 0 fully saturated rings. The zero-order valence-corrected chi connectivity index (χ0v) is 27.6. The highest BCUT2D eigenvalue weighted by molar-refractivity contribution is 6.74. The van der Waals surface area contributed by atoms with Gasteiger partial charge >= 0.3 is 0 Å². The average Bonchev–Trinajstić information content (AvgIpc) is 2.84. The van der Waals surface area contributed by atoms with Gasteiger partial charge in [0, 0.05) is 32.2 Å². The van der Waals surface area contributed by atoms with E-state index in [0.717, 1.165) is 24.8 Å². The van der Waals surface area contributed by atoms with Crippen molar-refractivity contribution in [2.24, 2.45) is 23.7 Å². The van der Waals surface area contributed by atoms with Crippen LogP contribution in [0.3, 0.4) is 0 Å². The van der Waals surface area contributed by atoms with Crippen LogP contribution in [-0.4, -0.2) is 58.7 Å². The minimum Gasteiger partial charge on any atom is -0.414 e. The molecule has 7 atom stereocenters. The zero-order chi connectivity index (χ0) is 29.1. The maximum Gasteiger partial charge on any atom is 0.192 e. The average molecular weight is 553 g/mol. The van der Waals surface area contributed by atoms with Crippen LogP contribution >= 0.6 is 0 Å². The number of aliphatic hydroxyl groups is 1. The number of methoxy groups -OCH3 is 2. The third-order valence-electron chi connectivity index (χ3n) is 8.77. The van der Waals surface area contributed by atoms with Crippen LogP contribution in [0.5, 0.6) is 0 Å². The quantitative estimate of drug-likeness (QED) is 0.189. The van der Waals surface area contributed by atoms with Crippen molar-refractivity contribution < 1.29 is 23.7 Å². The van der Waals surface area contributed by atoms with Crippen molar-refractivity contribution in [1.29, 1.82) is 0 Å². The molecule has 0 radical (unpaired) electrons. The van der Waals surface area contributed by atoms with Crippen LogP contribution in [0.1, 0.15) is 80.2 Å². The summed E-state index contributed by atoms with van der Waals surface area (Å²) in [5, 5.41) is 11.3. The Kier molecular flexibility index (Phi) is 15.3. The van der Waals surface area contributed by atoms with Gasteiger partial charge in [-0.3, -0.25) is 0 Å². The van der Waals surface area contributed by atoms with Crippen LogP contribution in [0, 0.1) is 23.7 Å². The fourth-order valence-electron chi connectivity index (χ4n) is 4.90. The first-order valence-corrected chi connectivity index (χ1v) is 17.6. The maximum atomic E-state index is 11.1. The van der Waals surface area contributed by atoms with Crippen molar-refractivity contribution in [3.63, 3.8) is 0 Å². The van der Waals surface area contributed by atoms with E-state index >= 15 is 0 Å². The van der Waals surface area contributed by atoms with Gasteiger partial charge < -0.3 is 23.7 Å². The second kappa shape index (κ2) is 16.5. The van der Waals surface area contributed by atoms with E-state index in [1.807, 2.05) is 25.3 Å². The van der Waals surface area contributed by atoms with Gasteiger partial charge in [0.05, 0.1) is 31.5 Å². The van der Waals surface area contributed by atoms with Crippen molar-refractivity contribution in [2.45, 2.75) is 124 Å². The molecular weight excluding hydrogens is 492 g/mol. The van der Waals surface area contributed by atoms with E-state index in [0.29, 0.717) is 25.0 Å². The van der Waals surface area contributed by atoms with E-state index in [9.17, 15) is 5.11 Å². The van der Waals surface area contributed by atoms with Gasteiger partial charge in [0.25, 0.3) is 0 Å². The van der Waals surface area contributed by atoms with Gasteiger partial charge in [0.15, 0.2) is 8.32 Å². The van der Waals surface area contributed by atoms with Crippen molar-refractivity contribution in [1.82, 2.24) is 0 Å². The molecule has 6 heteroatoms. The fraction of sp³-hybridized carbons (Fsp3) is 0.812. The number of hydrogen-bond donors (Lipinski definition) is 1. The molecule has 0 amide bonds. The van der Waals surface area contributed by atoms with Gasteiger partial charge in [-0.1, -0.05) is 85.7 Å². The van der Waals surface area contributed by atoms with Crippen LogP contribution < -0.4 is 0 Å². The van der Waals surface area contributed by atoms with E-state index in [2.05, 4.69) is 80.6 Å². The molecule has 5 nitrogen and oxygen atoms in total. The number of aliphatic hydroxyl groups excluding tert-OH is 1. The van der Waals surface area contributed by atoms with Crippen LogP contribution in [0.15, 0.2) is 30.3 Å². The summed E-state index contributed by atoms with van der Waals surface area (Å²) in [6.07, 6.45) is 2.24. The second-order valence-corrected chi connectivity index (χ2v) is 18.1. The number of rotatable bonds is 18. The zero-order valence-electron chi connectivity index (χ0n) is 26.6. The normalized spacial score (nSPS) is 18.6. The first-order valence-electron chi connectivity index (χ1n) is 14.7. The lowest BCUT2D eigenvalue weighted by Gasteiger charge is -2.41. The summed E-state index contributed by atoms with van der Waals surface area (Å²) >= 11 is 0. The van der Waals surface area contributed by atoms with E-state index in [1.54, 1.807) is 7.11 Å². The molecular formula is C32H60O5Si. The predicted octanol–water partition coefficient (Wildman–Crippen LogP) is 7.72. The lowest BCUT2D eigenvalue weighted by Crippen LogP contribution is -2.46.